The normalized spacial score (nSPS) is 12.0. The topological polar surface area (TPSA) is 79.3 Å². The smallest absolute Gasteiger partial charge is 0.347 e. The monoisotopic (exact) mass is 324 g/mol. The van der Waals surface area contributed by atoms with Crippen molar-refractivity contribution in [3.8, 4) is 0 Å². The summed E-state index contributed by atoms with van der Waals surface area (Å²) in [6, 6.07) is 6.91. The maximum atomic E-state index is 12.2. The molecule has 0 spiro atoms. The van der Waals surface area contributed by atoms with E-state index in [-0.39, 0.29) is 10.8 Å². The van der Waals surface area contributed by atoms with Gasteiger partial charge in [-0.3, -0.25) is 4.79 Å². The van der Waals surface area contributed by atoms with Crippen molar-refractivity contribution in [1.29, 1.82) is 0 Å². The number of carbonyl (C=O) groups excluding carboxylic acids is 1. The number of benzene rings is 1. The number of rotatable bonds is 4. The minimum absolute atomic E-state index is 0.155. The first-order valence-corrected chi connectivity index (χ1v) is 7.35. The number of aryl methyl sites for hydroxylation is 1. The highest BCUT2D eigenvalue weighted by molar-refractivity contribution is 7.13. The van der Waals surface area contributed by atoms with E-state index in [2.05, 4.69) is 10.3 Å². The van der Waals surface area contributed by atoms with Gasteiger partial charge in [0.2, 0.25) is 5.91 Å². The van der Waals surface area contributed by atoms with Crippen LogP contribution in [0.15, 0.2) is 24.3 Å². The molecule has 1 amide bonds. The molecule has 2 rings (SSSR count). The molecule has 110 valence electrons. The van der Waals surface area contributed by atoms with Crippen LogP contribution in [0.2, 0.25) is 5.02 Å². The molecule has 1 unspecified atom stereocenters. The lowest BCUT2D eigenvalue weighted by molar-refractivity contribution is -0.117. The first-order chi connectivity index (χ1) is 9.90. The highest BCUT2D eigenvalue weighted by Gasteiger charge is 2.23. The molecule has 0 fully saturated rings. The Balaban J connectivity index is 2.18. The zero-order chi connectivity index (χ0) is 15.6. The van der Waals surface area contributed by atoms with Gasteiger partial charge >= 0.3 is 5.97 Å². The lowest BCUT2D eigenvalue weighted by Crippen LogP contribution is -2.18. The number of halogens is 1. The molecule has 1 atom stereocenters. The lowest BCUT2D eigenvalue weighted by atomic mass is 10.1. The van der Waals surface area contributed by atoms with Crippen molar-refractivity contribution < 1.29 is 14.7 Å². The fraction of sp³-hybridized carbons (Fsp3) is 0.214. The number of anilines is 1. The van der Waals surface area contributed by atoms with Crippen LogP contribution in [-0.2, 0) is 4.79 Å². The standard InChI is InChI=1S/C14H13ClN2O3S/c1-7(13-16-8(2)11(21-13)14(19)20)12(18)17-10-6-4-3-5-9(10)15/h3-7H,1-2H3,(H,17,18)(H,19,20). The van der Waals surface area contributed by atoms with Crippen LogP contribution in [0, 0.1) is 6.92 Å². The summed E-state index contributed by atoms with van der Waals surface area (Å²) < 4.78 is 0. The van der Waals surface area contributed by atoms with E-state index in [0.717, 1.165) is 11.3 Å². The van der Waals surface area contributed by atoms with Crippen LogP contribution >= 0.6 is 22.9 Å². The van der Waals surface area contributed by atoms with Gasteiger partial charge in [-0.05, 0) is 26.0 Å². The first kappa shape index (κ1) is 15.5. The van der Waals surface area contributed by atoms with E-state index >= 15 is 0 Å². The van der Waals surface area contributed by atoms with E-state index in [1.165, 1.54) is 0 Å². The molecular formula is C14H13ClN2O3S. The van der Waals surface area contributed by atoms with Crippen molar-refractivity contribution in [3.63, 3.8) is 0 Å². The van der Waals surface area contributed by atoms with Gasteiger partial charge in [-0.25, -0.2) is 9.78 Å². The van der Waals surface area contributed by atoms with Crippen molar-refractivity contribution in [3.05, 3.63) is 44.9 Å². The molecule has 0 bridgehead atoms. The molecule has 2 N–H and O–H groups in total. The summed E-state index contributed by atoms with van der Waals surface area (Å²) >= 11 is 7.00. The summed E-state index contributed by atoms with van der Waals surface area (Å²) in [5, 5.41) is 12.6. The molecule has 0 aliphatic heterocycles. The minimum Gasteiger partial charge on any atom is -0.477 e. The predicted octanol–water partition coefficient (Wildman–Crippen LogP) is 3.55. The van der Waals surface area contributed by atoms with Crippen LogP contribution < -0.4 is 5.32 Å². The molecule has 1 heterocycles. The minimum atomic E-state index is -1.03. The second-order valence-electron chi connectivity index (χ2n) is 4.46. The number of para-hydroxylation sites is 1. The van der Waals surface area contributed by atoms with E-state index in [1.807, 2.05) is 0 Å². The number of aromatic nitrogens is 1. The Morgan fingerprint density at radius 1 is 1.38 bits per heavy atom. The molecule has 1 aromatic heterocycles. The zero-order valence-corrected chi connectivity index (χ0v) is 13.0. The van der Waals surface area contributed by atoms with Crippen molar-refractivity contribution >= 4 is 40.5 Å². The van der Waals surface area contributed by atoms with Crippen LogP contribution in [0.25, 0.3) is 0 Å². The van der Waals surface area contributed by atoms with Gasteiger partial charge in [0.05, 0.1) is 22.3 Å². The summed E-state index contributed by atoms with van der Waals surface area (Å²) in [7, 11) is 0. The second-order valence-corrected chi connectivity index (χ2v) is 5.90. The molecule has 0 aliphatic carbocycles. The Morgan fingerprint density at radius 3 is 2.62 bits per heavy atom. The average Bonchev–Trinajstić information content (AvgIpc) is 2.82. The summed E-state index contributed by atoms with van der Waals surface area (Å²) in [6.07, 6.45) is 0. The number of hydrogen-bond donors (Lipinski definition) is 2. The third-order valence-electron chi connectivity index (χ3n) is 2.90. The molecule has 1 aromatic carbocycles. The molecule has 0 radical (unpaired) electrons. The van der Waals surface area contributed by atoms with Crippen LogP contribution in [0.3, 0.4) is 0 Å². The number of thiazole rings is 1. The van der Waals surface area contributed by atoms with Gasteiger partial charge in [0, 0.05) is 0 Å². The van der Waals surface area contributed by atoms with Crippen LogP contribution in [0.4, 0.5) is 5.69 Å². The summed E-state index contributed by atoms with van der Waals surface area (Å²) in [5.41, 5.74) is 0.933. The van der Waals surface area contributed by atoms with Gasteiger partial charge in [0.1, 0.15) is 9.88 Å². The number of hydrogen-bond acceptors (Lipinski definition) is 4. The SMILES string of the molecule is Cc1nc(C(C)C(=O)Nc2ccccc2Cl)sc1C(=O)O. The number of aromatic carboxylic acids is 1. The summed E-state index contributed by atoms with van der Waals surface area (Å²) in [4.78, 5) is 27.5. The van der Waals surface area contributed by atoms with Gasteiger partial charge in [0.15, 0.2) is 0 Å². The predicted molar refractivity (Wildman–Crippen MR) is 82.3 cm³/mol. The Bertz CT molecular complexity index is 699. The van der Waals surface area contributed by atoms with E-state index in [9.17, 15) is 9.59 Å². The van der Waals surface area contributed by atoms with Gasteiger partial charge in [0.25, 0.3) is 0 Å². The maximum absolute atomic E-state index is 12.2. The van der Waals surface area contributed by atoms with Crippen molar-refractivity contribution in [1.82, 2.24) is 4.98 Å². The average molecular weight is 325 g/mol. The fourth-order valence-electron chi connectivity index (χ4n) is 1.72. The van der Waals surface area contributed by atoms with Crippen molar-refractivity contribution in [2.24, 2.45) is 0 Å². The van der Waals surface area contributed by atoms with Crippen LogP contribution in [-0.4, -0.2) is 22.0 Å². The van der Waals surface area contributed by atoms with Gasteiger partial charge in [-0.2, -0.15) is 0 Å². The molecule has 2 aromatic rings. The molecular weight excluding hydrogens is 312 g/mol. The number of carbonyl (C=O) groups is 2. The zero-order valence-electron chi connectivity index (χ0n) is 11.4. The third-order valence-corrected chi connectivity index (χ3v) is 4.56. The van der Waals surface area contributed by atoms with E-state index in [4.69, 9.17) is 16.7 Å². The Hall–Kier alpha value is -1.92. The van der Waals surface area contributed by atoms with Crippen molar-refractivity contribution in [2.75, 3.05) is 5.32 Å². The van der Waals surface area contributed by atoms with Gasteiger partial charge in [-0.1, -0.05) is 23.7 Å². The highest BCUT2D eigenvalue weighted by Crippen LogP contribution is 2.27. The highest BCUT2D eigenvalue weighted by atomic mass is 35.5. The van der Waals surface area contributed by atoms with Gasteiger partial charge < -0.3 is 10.4 Å². The maximum Gasteiger partial charge on any atom is 0.347 e. The fourth-order valence-corrected chi connectivity index (χ4v) is 2.86. The Labute approximate surface area is 130 Å². The summed E-state index contributed by atoms with van der Waals surface area (Å²) in [6.45, 7) is 3.29. The Kier molecular flexibility index (Phi) is 4.59. The Morgan fingerprint density at radius 2 is 2.05 bits per heavy atom. The molecule has 0 saturated heterocycles. The molecule has 0 saturated carbocycles. The van der Waals surface area contributed by atoms with E-state index < -0.39 is 11.9 Å². The molecule has 7 heteroatoms. The van der Waals surface area contributed by atoms with Crippen LogP contribution in [0.5, 0.6) is 0 Å². The number of carboxylic acids is 1. The first-order valence-electron chi connectivity index (χ1n) is 6.16. The number of nitrogens with zero attached hydrogens (tertiary/aromatic N) is 1. The third kappa shape index (κ3) is 3.40. The van der Waals surface area contributed by atoms with Crippen molar-refractivity contribution in [2.45, 2.75) is 19.8 Å². The van der Waals surface area contributed by atoms with E-state index in [0.29, 0.717) is 21.4 Å². The lowest BCUT2D eigenvalue weighted by Gasteiger charge is -2.10. The number of carboxylic acid groups (broad SMARTS) is 1. The number of amides is 1. The second kappa shape index (κ2) is 6.24. The molecule has 5 nitrogen and oxygen atoms in total. The van der Waals surface area contributed by atoms with Gasteiger partial charge in [-0.15, -0.1) is 11.3 Å². The molecule has 21 heavy (non-hydrogen) atoms. The summed E-state index contributed by atoms with van der Waals surface area (Å²) in [5.74, 6) is -1.87. The van der Waals surface area contributed by atoms with Crippen LogP contribution in [0.1, 0.15) is 33.2 Å². The van der Waals surface area contributed by atoms with E-state index in [1.54, 1.807) is 38.1 Å². The molecule has 0 aliphatic rings. The quantitative estimate of drug-likeness (QED) is 0.901. The largest absolute Gasteiger partial charge is 0.477 e. The number of nitrogens with one attached hydrogen (secondary N) is 1.